The van der Waals surface area contributed by atoms with Crippen LogP contribution >= 0.6 is 23.2 Å². The van der Waals surface area contributed by atoms with E-state index < -0.39 is 5.97 Å². The second-order valence-corrected chi connectivity index (χ2v) is 1.99. The van der Waals surface area contributed by atoms with Gasteiger partial charge in [-0.3, -0.25) is 0 Å². The van der Waals surface area contributed by atoms with Gasteiger partial charge in [-0.1, -0.05) is 36.4 Å². The third-order valence-corrected chi connectivity index (χ3v) is 0.175. The predicted molar refractivity (Wildman–Crippen MR) is 49.9 cm³/mol. The molecule has 0 heterocycles. The number of hydrogen-bond acceptors (Lipinski definition) is 1. The average molecular weight is 197 g/mol. The molecule has 2 nitrogen and oxygen atoms in total. The Kier molecular flexibility index (Phi) is 24.5. The van der Waals surface area contributed by atoms with Crippen molar-refractivity contribution in [2.45, 2.75) is 0 Å². The van der Waals surface area contributed by atoms with E-state index in [0.29, 0.717) is 0 Å². The highest BCUT2D eigenvalue weighted by Crippen LogP contribution is 1.98. The van der Waals surface area contributed by atoms with Gasteiger partial charge < -0.3 is 5.11 Å². The van der Waals surface area contributed by atoms with Crippen LogP contribution < -0.4 is 0 Å². The molecule has 1 N–H and O–H groups in total. The predicted octanol–water partition coefficient (Wildman–Crippen LogP) is 2.99. The maximum absolute atomic E-state index is 9.25. The van der Waals surface area contributed by atoms with Gasteiger partial charge in [-0.2, -0.15) is 0 Å². The lowest BCUT2D eigenvalue weighted by atomic mass is 10.7. The fourth-order valence-electron chi connectivity index (χ4n) is 0. The van der Waals surface area contributed by atoms with Gasteiger partial charge in [-0.15, -0.1) is 13.2 Å². The summed E-state index contributed by atoms with van der Waals surface area (Å²) in [5.74, 6) is -0.981. The van der Waals surface area contributed by atoms with Crippen molar-refractivity contribution in [3.63, 3.8) is 0 Å². The molecule has 11 heavy (non-hydrogen) atoms. The first-order chi connectivity index (χ1) is 5.00. The van der Waals surface area contributed by atoms with Gasteiger partial charge in [0, 0.05) is 6.08 Å². The van der Waals surface area contributed by atoms with E-state index in [0.717, 1.165) is 6.08 Å². The molecule has 0 amide bonds. The minimum atomic E-state index is -0.981. The van der Waals surface area contributed by atoms with Gasteiger partial charge in [0.05, 0.1) is 4.49 Å². The molecule has 0 aliphatic heterocycles. The fourth-order valence-corrected chi connectivity index (χ4v) is 0. The van der Waals surface area contributed by atoms with Crippen LogP contribution in [0.1, 0.15) is 0 Å². The molecule has 0 aliphatic rings. The lowest BCUT2D eigenvalue weighted by Crippen LogP contribution is -1.82. The number of aliphatic carboxylic acids is 1. The van der Waals surface area contributed by atoms with Gasteiger partial charge in [0.1, 0.15) is 0 Å². The van der Waals surface area contributed by atoms with Crippen LogP contribution in [-0.4, -0.2) is 11.1 Å². The molecule has 0 aromatic rings. The third kappa shape index (κ3) is 304. The topological polar surface area (TPSA) is 37.3 Å². The highest BCUT2D eigenvalue weighted by molar-refractivity contribution is 6.55. The lowest BCUT2D eigenvalue weighted by Gasteiger charge is -1.64. The lowest BCUT2D eigenvalue weighted by molar-refractivity contribution is -0.131. The maximum Gasteiger partial charge on any atom is 0.327 e. The normalized spacial score (nSPS) is 5.64. The highest BCUT2D eigenvalue weighted by atomic mass is 35.5. The van der Waals surface area contributed by atoms with E-state index in [-0.39, 0.29) is 4.49 Å². The third-order valence-electron chi connectivity index (χ3n) is 0.175. The molecular weight excluding hydrogens is 187 g/mol. The molecule has 0 saturated heterocycles. The van der Waals surface area contributed by atoms with E-state index in [1.807, 2.05) is 0 Å². The van der Waals surface area contributed by atoms with Crippen molar-refractivity contribution in [3.8, 4) is 0 Å². The van der Waals surface area contributed by atoms with Crippen molar-refractivity contribution in [2.75, 3.05) is 0 Å². The molecule has 0 spiro atoms. The first-order valence-corrected chi connectivity index (χ1v) is 3.11. The van der Waals surface area contributed by atoms with E-state index in [9.17, 15) is 4.79 Å². The number of carboxylic acids is 1. The molecule has 0 aromatic carbocycles. The van der Waals surface area contributed by atoms with Gasteiger partial charge in [0.15, 0.2) is 0 Å². The van der Waals surface area contributed by atoms with E-state index >= 15 is 0 Å². The Labute approximate surface area is 76.4 Å². The minimum Gasteiger partial charge on any atom is -0.478 e. The van der Waals surface area contributed by atoms with Crippen molar-refractivity contribution in [1.82, 2.24) is 0 Å². The summed E-state index contributed by atoms with van der Waals surface area (Å²) in [4.78, 5) is 9.25. The summed E-state index contributed by atoms with van der Waals surface area (Å²) >= 11 is 9.69. The molecule has 0 atom stereocenters. The van der Waals surface area contributed by atoms with Crippen LogP contribution in [0.5, 0.6) is 0 Å². The summed E-state index contributed by atoms with van der Waals surface area (Å²) in [6, 6.07) is 0. The monoisotopic (exact) mass is 196 g/mol. The number of halogens is 2. The van der Waals surface area contributed by atoms with Crippen LogP contribution in [0, 0.1) is 0 Å². The summed E-state index contributed by atoms with van der Waals surface area (Å²) in [5.41, 5.74) is 0. The zero-order valence-corrected chi connectivity index (χ0v) is 7.53. The molecule has 0 bridgehead atoms. The molecule has 0 unspecified atom stereocenters. The molecular formula is C7H10Cl2O2. The zero-order valence-electron chi connectivity index (χ0n) is 6.02. The summed E-state index contributed by atoms with van der Waals surface area (Å²) in [5, 5.41) is 7.60. The van der Waals surface area contributed by atoms with Gasteiger partial charge >= 0.3 is 5.97 Å². The van der Waals surface area contributed by atoms with Crippen LogP contribution in [0.15, 0.2) is 36.9 Å². The van der Waals surface area contributed by atoms with Crippen LogP contribution in [0.25, 0.3) is 0 Å². The smallest absolute Gasteiger partial charge is 0.327 e. The van der Waals surface area contributed by atoms with E-state index in [1.165, 1.54) is 0 Å². The van der Waals surface area contributed by atoms with Crippen molar-refractivity contribution in [1.29, 1.82) is 0 Å². The molecule has 64 valence electrons. The molecule has 0 fully saturated rings. The molecule has 0 saturated carbocycles. The largest absolute Gasteiger partial charge is 0.478 e. The molecule has 0 rings (SSSR count). The van der Waals surface area contributed by atoms with Gasteiger partial charge in [0.2, 0.25) is 0 Å². The summed E-state index contributed by atoms with van der Waals surface area (Å²) < 4.78 is 0.111. The quantitative estimate of drug-likeness (QED) is 0.518. The average Bonchev–Trinajstić information content (AvgIpc) is 1.91. The van der Waals surface area contributed by atoms with Gasteiger partial charge in [-0.25, -0.2) is 4.79 Å². The van der Waals surface area contributed by atoms with E-state index in [2.05, 4.69) is 26.3 Å². The summed E-state index contributed by atoms with van der Waals surface area (Å²) in [6.45, 7) is 12.0. The van der Waals surface area contributed by atoms with Gasteiger partial charge in [0.25, 0.3) is 0 Å². The maximum atomic E-state index is 9.25. The van der Waals surface area contributed by atoms with Crippen molar-refractivity contribution in [3.05, 3.63) is 36.9 Å². The van der Waals surface area contributed by atoms with Crippen LogP contribution in [0.3, 0.4) is 0 Å². The molecule has 0 aliphatic carbocycles. The van der Waals surface area contributed by atoms with Crippen molar-refractivity contribution >= 4 is 29.2 Å². The summed E-state index contributed by atoms with van der Waals surface area (Å²) in [6.07, 6.45) is 0.833. The Balaban J connectivity index is -0.0000000965. The van der Waals surface area contributed by atoms with Crippen molar-refractivity contribution in [2.24, 2.45) is 0 Å². The van der Waals surface area contributed by atoms with Crippen molar-refractivity contribution < 1.29 is 9.90 Å². The first-order valence-electron chi connectivity index (χ1n) is 2.36. The van der Waals surface area contributed by atoms with Crippen LogP contribution in [0.4, 0.5) is 0 Å². The standard InChI is InChI=1S/C3H4O2.C2H2Cl2.C2H4/c1-2-3(4)5;1-2(3)4;1-2/h2H,1H2,(H,4,5);1H2;1-2H2. The van der Waals surface area contributed by atoms with E-state index in [4.69, 9.17) is 28.3 Å². The summed E-state index contributed by atoms with van der Waals surface area (Å²) in [7, 11) is 0. The second kappa shape index (κ2) is 16.1. The minimum absolute atomic E-state index is 0.111. The molecule has 0 aromatic heterocycles. The Hall–Kier alpha value is -0.730. The Morgan fingerprint density at radius 1 is 1.36 bits per heavy atom. The first kappa shape index (κ1) is 16.7. The number of carbonyl (C=O) groups is 1. The van der Waals surface area contributed by atoms with Gasteiger partial charge in [-0.05, 0) is 0 Å². The molecule has 4 heteroatoms. The van der Waals surface area contributed by atoms with Crippen LogP contribution in [0.2, 0.25) is 0 Å². The van der Waals surface area contributed by atoms with E-state index in [1.54, 1.807) is 0 Å². The second-order valence-electron chi connectivity index (χ2n) is 0.881. The number of rotatable bonds is 1. The highest BCUT2D eigenvalue weighted by Gasteiger charge is 1.73. The number of carboxylic acid groups (broad SMARTS) is 1. The Morgan fingerprint density at radius 3 is 1.45 bits per heavy atom. The SMILES string of the molecule is C=C.C=C(Cl)Cl.C=CC(=O)O. The number of hydrogen-bond donors (Lipinski definition) is 1. The Morgan fingerprint density at radius 2 is 1.45 bits per heavy atom. The molecule has 0 radical (unpaired) electrons. The Bertz CT molecular complexity index is 128. The zero-order chi connectivity index (χ0) is 9.86. The van der Waals surface area contributed by atoms with Crippen LogP contribution in [-0.2, 0) is 4.79 Å². The fraction of sp³-hybridized carbons (Fsp3) is 0.